The summed E-state index contributed by atoms with van der Waals surface area (Å²) in [6.07, 6.45) is 0. The van der Waals surface area contributed by atoms with Gasteiger partial charge in [-0.05, 0) is 24.6 Å². The lowest BCUT2D eigenvalue weighted by Crippen LogP contribution is -2.18. The van der Waals surface area contributed by atoms with Crippen LogP contribution in [0.25, 0.3) is 10.6 Å². The fourth-order valence-electron chi connectivity index (χ4n) is 1.60. The molecule has 0 amide bonds. The molecule has 0 atom stereocenters. The Bertz CT molecular complexity index is 566. The molecule has 98 valence electrons. The van der Waals surface area contributed by atoms with Crippen molar-refractivity contribution in [2.45, 2.75) is 20.4 Å². The molecule has 1 heterocycles. The third-order valence-corrected chi connectivity index (χ3v) is 3.53. The van der Waals surface area contributed by atoms with Crippen LogP contribution in [-0.4, -0.2) is 16.7 Å². The van der Waals surface area contributed by atoms with Gasteiger partial charge in [0.2, 0.25) is 0 Å². The number of nitrogens with zero attached hydrogens (tertiary/aromatic N) is 3. The van der Waals surface area contributed by atoms with Gasteiger partial charge in [0, 0.05) is 12.1 Å². The van der Waals surface area contributed by atoms with E-state index in [-0.39, 0.29) is 0 Å². The van der Waals surface area contributed by atoms with Gasteiger partial charge in [-0.25, -0.2) is 0 Å². The molecule has 19 heavy (non-hydrogen) atoms. The van der Waals surface area contributed by atoms with Crippen molar-refractivity contribution in [2.75, 3.05) is 6.54 Å². The summed E-state index contributed by atoms with van der Waals surface area (Å²) in [6.45, 7) is 6.09. The van der Waals surface area contributed by atoms with Crippen LogP contribution in [0, 0.1) is 17.2 Å². The lowest BCUT2D eigenvalue weighted by atomic mass is 10.2. The van der Waals surface area contributed by atoms with E-state index >= 15 is 0 Å². The maximum Gasteiger partial charge on any atom is 0.147 e. The van der Waals surface area contributed by atoms with Crippen LogP contribution in [0.15, 0.2) is 24.3 Å². The van der Waals surface area contributed by atoms with Crippen molar-refractivity contribution in [3.05, 3.63) is 34.8 Å². The third kappa shape index (κ3) is 3.85. The Labute approximate surface area is 117 Å². The predicted octanol–water partition coefficient (Wildman–Crippen LogP) is 2.82. The smallest absolute Gasteiger partial charge is 0.147 e. The van der Waals surface area contributed by atoms with E-state index in [1.54, 1.807) is 23.5 Å². The monoisotopic (exact) mass is 272 g/mol. The zero-order valence-electron chi connectivity index (χ0n) is 11.1. The second kappa shape index (κ2) is 6.41. The van der Waals surface area contributed by atoms with Crippen LogP contribution in [0.3, 0.4) is 0 Å². The lowest BCUT2D eigenvalue weighted by molar-refractivity contribution is 0.550. The lowest BCUT2D eigenvalue weighted by Gasteiger charge is -2.03. The summed E-state index contributed by atoms with van der Waals surface area (Å²) in [5, 5.41) is 22.3. The van der Waals surface area contributed by atoms with Crippen molar-refractivity contribution in [2.24, 2.45) is 5.92 Å². The molecule has 0 saturated carbocycles. The number of hydrogen-bond acceptors (Lipinski definition) is 5. The van der Waals surface area contributed by atoms with Crippen LogP contribution in [-0.2, 0) is 6.54 Å². The first-order chi connectivity index (χ1) is 9.19. The summed E-state index contributed by atoms with van der Waals surface area (Å²) in [5.41, 5.74) is 1.67. The third-order valence-electron chi connectivity index (χ3n) is 2.56. The van der Waals surface area contributed by atoms with Crippen molar-refractivity contribution < 1.29 is 0 Å². The fourth-order valence-corrected chi connectivity index (χ4v) is 2.41. The minimum atomic E-state index is 0.630. The SMILES string of the molecule is CC(C)CNCc1nnc(-c2ccc(C#N)cc2)s1. The number of benzene rings is 1. The molecule has 0 bridgehead atoms. The van der Waals surface area contributed by atoms with Gasteiger partial charge < -0.3 is 5.32 Å². The van der Waals surface area contributed by atoms with Gasteiger partial charge in [0.25, 0.3) is 0 Å². The van der Waals surface area contributed by atoms with Crippen molar-refractivity contribution >= 4 is 11.3 Å². The predicted molar refractivity (Wildman–Crippen MR) is 76.6 cm³/mol. The second-order valence-electron chi connectivity index (χ2n) is 4.71. The van der Waals surface area contributed by atoms with Crippen molar-refractivity contribution in [3.8, 4) is 16.6 Å². The molecule has 1 aromatic heterocycles. The average molecular weight is 272 g/mol. The minimum Gasteiger partial charge on any atom is -0.310 e. The number of hydrogen-bond donors (Lipinski definition) is 1. The number of nitriles is 1. The molecule has 2 rings (SSSR count). The minimum absolute atomic E-state index is 0.630. The summed E-state index contributed by atoms with van der Waals surface area (Å²) >= 11 is 1.58. The van der Waals surface area contributed by atoms with E-state index in [4.69, 9.17) is 5.26 Å². The highest BCUT2D eigenvalue weighted by Crippen LogP contribution is 2.23. The first-order valence-electron chi connectivity index (χ1n) is 6.22. The standard InChI is InChI=1S/C14H16N4S/c1-10(2)8-16-9-13-17-18-14(19-13)12-5-3-11(7-15)4-6-12/h3-6,10,16H,8-9H2,1-2H3. The quantitative estimate of drug-likeness (QED) is 0.909. The number of rotatable bonds is 5. The van der Waals surface area contributed by atoms with Gasteiger partial charge in [0.05, 0.1) is 11.6 Å². The molecule has 0 aliphatic carbocycles. The molecule has 1 N–H and O–H groups in total. The molecule has 5 heteroatoms. The van der Waals surface area contributed by atoms with Crippen LogP contribution in [0.5, 0.6) is 0 Å². The Morgan fingerprint density at radius 1 is 1.26 bits per heavy atom. The number of aromatic nitrogens is 2. The maximum absolute atomic E-state index is 8.76. The van der Waals surface area contributed by atoms with Crippen molar-refractivity contribution in [3.63, 3.8) is 0 Å². The van der Waals surface area contributed by atoms with Gasteiger partial charge in [0.1, 0.15) is 10.0 Å². The molecule has 2 aromatic rings. The molecule has 0 unspecified atom stereocenters. The van der Waals surface area contributed by atoms with Crippen LogP contribution >= 0.6 is 11.3 Å². The molecule has 4 nitrogen and oxygen atoms in total. The van der Waals surface area contributed by atoms with Gasteiger partial charge in [-0.15, -0.1) is 10.2 Å². The number of nitrogens with one attached hydrogen (secondary N) is 1. The van der Waals surface area contributed by atoms with Gasteiger partial charge in [-0.2, -0.15) is 5.26 Å². The van der Waals surface area contributed by atoms with Gasteiger partial charge in [-0.1, -0.05) is 37.3 Å². The van der Waals surface area contributed by atoms with Crippen LogP contribution in [0.4, 0.5) is 0 Å². The molecule has 0 aliphatic rings. The zero-order valence-corrected chi connectivity index (χ0v) is 11.9. The van der Waals surface area contributed by atoms with Gasteiger partial charge >= 0.3 is 0 Å². The maximum atomic E-state index is 8.76. The molecule has 0 fully saturated rings. The Hall–Kier alpha value is -1.77. The molecule has 0 radical (unpaired) electrons. The summed E-state index contributed by atoms with van der Waals surface area (Å²) < 4.78 is 0. The van der Waals surface area contributed by atoms with Gasteiger partial charge in [-0.3, -0.25) is 0 Å². The van der Waals surface area contributed by atoms with E-state index in [0.29, 0.717) is 11.5 Å². The Morgan fingerprint density at radius 2 is 2.00 bits per heavy atom. The zero-order chi connectivity index (χ0) is 13.7. The van der Waals surface area contributed by atoms with E-state index < -0.39 is 0 Å². The first-order valence-corrected chi connectivity index (χ1v) is 7.04. The molecule has 0 aliphatic heterocycles. The van der Waals surface area contributed by atoms with Crippen LogP contribution in [0.1, 0.15) is 24.4 Å². The Morgan fingerprint density at radius 3 is 2.63 bits per heavy atom. The topological polar surface area (TPSA) is 61.6 Å². The molecule has 1 aromatic carbocycles. The highest BCUT2D eigenvalue weighted by molar-refractivity contribution is 7.14. The normalized spacial score (nSPS) is 10.6. The summed E-state index contributed by atoms with van der Waals surface area (Å²) in [7, 11) is 0. The van der Waals surface area contributed by atoms with E-state index in [1.807, 2.05) is 12.1 Å². The van der Waals surface area contributed by atoms with E-state index in [0.717, 1.165) is 28.7 Å². The Kier molecular flexibility index (Phi) is 4.61. The first kappa shape index (κ1) is 13.7. The van der Waals surface area contributed by atoms with Crippen LogP contribution < -0.4 is 5.32 Å². The van der Waals surface area contributed by atoms with E-state index in [9.17, 15) is 0 Å². The van der Waals surface area contributed by atoms with Crippen molar-refractivity contribution in [1.29, 1.82) is 5.26 Å². The molecular weight excluding hydrogens is 256 g/mol. The Balaban J connectivity index is 2.01. The summed E-state index contributed by atoms with van der Waals surface area (Å²) in [6, 6.07) is 9.52. The molecule has 0 spiro atoms. The summed E-state index contributed by atoms with van der Waals surface area (Å²) in [5.74, 6) is 0.630. The fraction of sp³-hybridized carbons (Fsp3) is 0.357. The molecular formula is C14H16N4S. The second-order valence-corrected chi connectivity index (χ2v) is 5.78. The average Bonchev–Trinajstić information content (AvgIpc) is 2.87. The van der Waals surface area contributed by atoms with E-state index in [1.165, 1.54) is 0 Å². The van der Waals surface area contributed by atoms with Gasteiger partial charge in [0.15, 0.2) is 0 Å². The van der Waals surface area contributed by atoms with Crippen LogP contribution in [0.2, 0.25) is 0 Å². The van der Waals surface area contributed by atoms with Crippen molar-refractivity contribution in [1.82, 2.24) is 15.5 Å². The van der Waals surface area contributed by atoms with E-state index in [2.05, 4.69) is 35.4 Å². The largest absolute Gasteiger partial charge is 0.310 e. The highest BCUT2D eigenvalue weighted by Gasteiger charge is 2.06. The summed E-state index contributed by atoms with van der Waals surface area (Å²) in [4.78, 5) is 0. The molecule has 0 saturated heterocycles. The highest BCUT2D eigenvalue weighted by atomic mass is 32.1.